The van der Waals surface area contributed by atoms with Crippen LogP contribution in [0.2, 0.25) is 0 Å². The summed E-state index contributed by atoms with van der Waals surface area (Å²) in [5, 5.41) is 20.8. The number of aromatic hydroxyl groups is 1. The largest absolute Gasteiger partial charge is 0.508 e. The van der Waals surface area contributed by atoms with Crippen molar-refractivity contribution >= 4 is 22.8 Å². The SMILES string of the molecule is Cc1csc(/C(C#N)=C/NNC(=O)c2cccc(O)c2)n1. The van der Waals surface area contributed by atoms with E-state index in [9.17, 15) is 9.90 Å². The molecule has 1 amide bonds. The Morgan fingerprint density at radius 3 is 2.95 bits per heavy atom. The van der Waals surface area contributed by atoms with Crippen LogP contribution in [0.25, 0.3) is 5.57 Å². The van der Waals surface area contributed by atoms with Gasteiger partial charge in [0.05, 0.1) is 0 Å². The molecule has 0 spiro atoms. The van der Waals surface area contributed by atoms with Crippen LogP contribution in [0, 0.1) is 18.3 Å². The van der Waals surface area contributed by atoms with Gasteiger partial charge in [0.2, 0.25) is 0 Å². The highest BCUT2D eigenvalue weighted by molar-refractivity contribution is 7.10. The number of amides is 1. The standard InChI is InChI=1S/C14H12N4O2S/c1-9-8-21-14(17-9)11(6-15)7-16-18-13(20)10-3-2-4-12(19)5-10/h2-5,7-8,16,19H,1H3,(H,18,20)/b11-7+. The van der Waals surface area contributed by atoms with Crippen LogP contribution >= 0.6 is 11.3 Å². The summed E-state index contributed by atoms with van der Waals surface area (Å²) in [5.74, 6) is -0.413. The molecule has 1 aromatic heterocycles. The number of allylic oxidation sites excluding steroid dienone is 1. The van der Waals surface area contributed by atoms with Crippen LogP contribution in [0.3, 0.4) is 0 Å². The van der Waals surface area contributed by atoms with Crippen molar-refractivity contribution in [2.24, 2.45) is 0 Å². The number of rotatable bonds is 4. The minimum Gasteiger partial charge on any atom is -0.508 e. The molecular weight excluding hydrogens is 288 g/mol. The Kier molecular flexibility index (Phi) is 4.53. The third-order valence-electron chi connectivity index (χ3n) is 2.48. The summed E-state index contributed by atoms with van der Waals surface area (Å²) in [5.41, 5.74) is 6.44. The molecule has 21 heavy (non-hydrogen) atoms. The molecule has 0 unspecified atom stereocenters. The molecule has 1 heterocycles. The number of aromatic nitrogens is 1. The molecule has 0 aliphatic rings. The molecule has 0 saturated carbocycles. The van der Waals surface area contributed by atoms with Crippen LogP contribution in [0.1, 0.15) is 21.1 Å². The second kappa shape index (κ2) is 6.54. The van der Waals surface area contributed by atoms with Gasteiger partial charge in [-0.2, -0.15) is 5.26 Å². The van der Waals surface area contributed by atoms with Crippen molar-refractivity contribution in [3.05, 3.63) is 52.1 Å². The maximum atomic E-state index is 11.8. The maximum absolute atomic E-state index is 11.8. The number of hydrogen-bond donors (Lipinski definition) is 3. The first-order chi connectivity index (χ1) is 10.1. The molecule has 2 rings (SSSR count). The van der Waals surface area contributed by atoms with E-state index in [2.05, 4.69) is 15.8 Å². The van der Waals surface area contributed by atoms with Crippen molar-refractivity contribution in [1.82, 2.24) is 15.8 Å². The van der Waals surface area contributed by atoms with Gasteiger partial charge in [-0.05, 0) is 25.1 Å². The average molecular weight is 300 g/mol. The van der Waals surface area contributed by atoms with Crippen LogP contribution in [0.4, 0.5) is 0 Å². The number of thiazole rings is 1. The van der Waals surface area contributed by atoms with Crippen molar-refractivity contribution in [3.8, 4) is 11.8 Å². The minimum absolute atomic E-state index is 0.00849. The van der Waals surface area contributed by atoms with Gasteiger partial charge < -0.3 is 10.5 Å². The smallest absolute Gasteiger partial charge is 0.269 e. The monoisotopic (exact) mass is 300 g/mol. The van der Waals surface area contributed by atoms with E-state index in [0.29, 0.717) is 16.1 Å². The highest BCUT2D eigenvalue weighted by atomic mass is 32.1. The van der Waals surface area contributed by atoms with Crippen LogP contribution in [0.15, 0.2) is 35.8 Å². The molecule has 1 aromatic carbocycles. The Labute approximate surface area is 125 Å². The Balaban J connectivity index is 2.01. The van der Waals surface area contributed by atoms with Crippen molar-refractivity contribution in [1.29, 1.82) is 5.26 Å². The first-order valence-corrected chi connectivity index (χ1v) is 6.86. The molecule has 106 valence electrons. The van der Waals surface area contributed by atoms with E-state index < -0.39 is 5.91 Å². The molecule has 0 atom stereocenters. The van der Waals surface area contributed by atoms with Gasteiger partial charge in [-0.3, -0.25) is 10.2 Å². The quantitative estimate of drug-likeness (QED) is 0.592. The Bertz CT molecular complexity index is 731. The zero-order valence-electron chi connectivity index (χ0n) is 11.1. The van der Waals surface area contributed by atoms with E-state index in [1.165, 1.54) is 29.7 Å². The molecule has 0 aliphatic carbocycles. The number of benzene rings is 1. The van der Waals surface area contributed by atoms with Crippen LogP contribution in [0.5, 0.6) is 5.75 Å². The Morgan fingerprint density at radius 1 is 1.52 bits per heavy atom. The molecular formula is C14H12N4O2S. The molecule has 2 aromatic rings. The fourth-order valence-electron chi connectivity index (χ4n) is 1.51. The first-order valence-electron chi connectivity index (χ1n) is 5.98. The zero-order chi connectivity index (χ0) is 15.2. The molecule has 3 N–H and O–H groups in total. The number of carbonyl (C=O) groups is 1. The van der Waals surface area contributed by atoms with Gasteiger partial charge in [-0.15, -0.1) is 11.3 Å². The lowest BCUT2D eigenvalue weighted by Gasteiger charge is -2.05. The van der Waals surface area contributed by atoms with Crippen molar-refractivity contribution < 1.29 is 9.90 Å². The number of hydrazine groups is 1. The summed E-state index contributed by atoms with van der Waals surface area (Å²) < 4.78 is 0. The average Bonchev–Trinajstić information content (AvgIpc) is 2.90. The number of nitriles is 1. The fourth-order valence-corrected chi connectivity index (χ4v) is 2.28. The third kappa shape index (κ3) is 3.81. The number of phenolic OH excluding ortho intramolecular Hbond substituents is 1. The molecule has 0 aliphatic heterocycles. The summed E-state index contributed by atoms with van der Waals surface area (Å²) in [4.78, 5) is 16.0. The highest BCUT2D eigenvalue weighted by Crippen LogP contribution is 2.17. The number of nitrogens with zero attached hydrogens (tertiary/aromatic N) is 2. The molecule has 0 bridgehead atoms. The lowest BCUT2D eigenvalue weighted by Crippen LogP contribution is -2.33. The Hall–Kier alpha value is -2.85. The molecule has 7 heteroatoms. The van der Waals surface area contributed by atoms with Gasteiger partial charge in [-0.1, -0.05) is 6.07 Å². The topological polar surface area (TPSA) is 98.0 Å². The minimum atomic E-state index is -0.422. The predicted octanol–water partition coefficient (Wildman–Crippen LogP) is 1.96. The number of carbonyl (C=O) groups excluding carboxylic acids is 1. The van der Waals surface area contributed by atoms with Crippen molar-refractivity contribution in [2.45, 2.75) is 6.92 Å². The summed E-state index contributed by atoms with van der Waals surface area (Å²) in [6.07, 6.45) is 1.37. The first kappa shape index (κ1) is 14.6. The third-order valence-corrected chi connectivity index (χ3v) is 3.47. The van der Waals surface area contributed by atoms with E-state index >= 15 is 0 Å². The molecule has 0 fully saturated rings. The van der Waals surface area contributed by atoms with E-state index in [0.717, 1.165) is 5.69 Å². The normalized spacial score (nSPS) is 10.8. The highest BCUT2D eigenvalue weighted by Gasteiger charge is 2.07. The van der Waals surface area contributed by atoms with Crippen LogP contribution in [-0.2, 0) is 0 Å². The van der Waals surface area contributed by atoms with E-state index in [-0.39, 0.29) is 5.75 Å². The number of hydrogen-bond acceptors (Lipinski definition) is 6. The Morgan fingerprint density at radius 2 is 2.33 bits per heavy atom. The number of phenols is 1. The number of aryl methyl sites for hydroxylation is 1. The van der Waals surface area contributed by atoms with Crippen LogP contribution in [-0.4, -0.2) is 16.0 Å². The van der Waals surface area contributed by atoms with E-state index in [1.807, 2.05) is 18.4 Å². The molecule has 0 radical (unpaired) electrons. The van der Waals surface area contributed by atoms with Gasteiger partial charge >= 0.3 is 0 Å². The van der Waals surface area contributed by atoms with Crippen LogP contribution < -0.4 is 10.9 Å². The van der Waals surface area contributed by atoms with Crippen molar-refractivity contribution in [2.75, 3.05) is 0 Å². The number of nitrogens with one attached hydrogen (secondary N) is 2. The summed E-state index contributed by atoms with van der Waals surface area (Å²) in [6.45, 7) is 1.84. The molecule has 6 nitrogen and oxygen atoms in total. The van der Waals surface area contributed by atoms with E-state index in [1.54, 1.807) is 12.1 Å². The van der Waals surface area contributed by atoms with Gasteiger partial charge in [0.25, 0.3) is 5.91 Å². The lowest BCUT2D eigenvalue weighted by atomic mass is 10.2. The van der Waals surface area contributed by atoms with E-state index in [4.69, 9.17) is 5.26 Å². The fraction of sp³-hybridized carbons (Fsp3) is 0.0714. The van der Waals surface area contributed by atoms with Crippen molar-refractivity contribution in [3.63, 3.8) is 0 Å². The van der Waals surface area contributed by atoms with Gasteiger partial charge in [0.15, 0.2) is 0 Å². The second-order valence-electron chi connectivity index (χ2n) is 4.11. The van der Waals surface area contributed by atoms with Gasteiger partial charge in [0.1, 0.15) is 22.4 Å². The van der Waals surface area contributed by atoms with Gasteiger partial charge in [-0.25, -0.2) is 4.98 Å². The maximum Gasteiger partial charge on any atom is 0.269 e. The molecule has 0 saturated heterocycles. The second-order valence-corrected chi connectivity index (χ2v) is 4.97. The lowest BCUT2D eigenvalue weighted by molar-refractivity contribution is 0.0940. The summed E-state index contributed by atoms with van der Waals surface area (Å²) >= 11 is 1.35. The zero-order valence-corrected chi connectivity index (χ0v) is 11.9. The summed E-state index contributed by atoms with van der Waals surface area (Å²) in [7, 11) is 0. The summed E-state index contributed by atoms with van der Waals surface area (Å²) in [6, 6.07) is 7.96. The van der Waals surface area contributed by atoms with Gasteiger partial charge in [0, 0.05) is 22.8 Å². The predicted molar refractivity (Wildman–Crippen MR) is 79.1 cm³/mol.